The molecule has 26 heteroatoms. The Balaban J connectivity index is 1.05. The fourth-order valence-corrected chi connectivity index (χ4v) is 12.7. The maximum absolute atomic E-state index is 13.3. The van der Waals surface area contributed by atoms with Crippen molar-refractivity contribution in [2.45, 2.75) is 237 Å². The van der Waals surface area contributed by atoms with Crippen LogP contribution in [-0.4, -0.2) is 266 Å². The lowest BCUT2D eigenvalue weighted by Gasteiger charge is -2.53. The third-order valence-corrected chi connectivity index (χ3v) is 17.4. The van der Waals surface area contributed by atoms with Crippen LogP contribution in [0.5, 0.6) is 0 Å². The molecule has 0 bridgehead atoms. The Morgan fingerprint density at radius 3 is 1.65 bits per heavy atom. The predicted molar refractivity (Wildman–Crippen MR) is 264 cm³/mol. The van der Waals surface area contributed by atoms with Gasteiger partial charge in [-0.15, -0.1) is 0 Å². The molecule has 0 spiro atoms. The summed E-state index contributed by atoms with van der Waals surface area (Å²) >= 11 is 0. The largest absolute Gasteiger partial charge is 0.460 e. The molecule has 4 saturated heterocycles. The monoisotopic (exact) mass is 1140 g/mol. The van der Waals surface area contributed by atoms with Crippen LogP contribution in [0.1, 0.15) is 83.5 Å². The van der Waals surface area contributed by atoms with E-state index in [-0.39, 0.29) is 37.0 Å². The number of hydrogen-bond donors (Lipinski definition) is 13. The maximum Gasteiger partial charge on any atom is 0.330 e. The van der Waals surface area contributed by atoms with Gasteiger partial charge in [0.25, 0.3) is 0 Å². The molecule has 0 aromatic rings. The van der Waals surface area contributed by atoms with Gasteiger partial charge in [-0.2, -0.15) is 0 Å². The topological polar surface area (TPSA) is 399 Å². The normalized spacial score (nSPS) is 48.1. The van der Waals surface area contributed by atoms with Crippen LogP contribution < -0.4 is 0 Å². The smallest absolute Gasteiger partial charge is 0.330 e. The number of fused-ring (bicyclic) bond motifs is 1. The number of esters is 2. The van der Waals surface area contributed by atoms with E-state index in [4.69, 9.17) is 52.1 Å². The van der Waals surface area contributed by atoms with E-state index in [2.05, 4.69) is 0 Å². The summed E-state index contributed by atoms with van der Waals surface area (Å²) in [6.45, 7) is -2.23. The molecule has 452 valence electrons. The van der Waals surface area contributed by atoms with Gasteiger partial charge in [0.1, 0.15) is 73.8 Å². The zero-order chi connectivity index (χ0) is 56.8. The Morgan fingerprint density at radius 1 is 0.481 bits per heavy atom. The van der Waals surface area contributed by atoms with Gasteiger partial charge in [-0.05, 0) is 94.8 Å². The van der Waals surface area contributed by atoms with Gasteiger partial charge < -0.3 is 118 Å². The summed E-state index contributed by atoms with van der Waals surface area (Å²) in [6.07, 6.45) is -23.1. The molecule has 8 fully saturated rings. The molecular weight excluding hydrogens is 1050 g/mol. The Hall–Kier alpha value is -2.46. The van der Waals surface area contributed by atoms with Gasteiger partial charge in [-0.1, -0.05) is 12.2 Å². The number of methoxy groups -OCH3 is 2. The second-order valence-electron chi connectivity index (χ2n) is 22.7. The van der Waals surface area contributed by atoms with Gasteiger partial charge in [-0.25, -0.2) is 9.59 Å². The summed E-state index contributed by atoms with van der Waals surface area (Å²) in [4.78, 5) is 26.5. The quantitative estimate of drug-likeness (QED) is 0.0463. The second-order valence-corrected chi connectivity index (χ2v) is 22.7. The summed E-state index contributed by atoms with van der Waals surface area (Å²) in [5.41, 5.74) is 0. The number of hydrogen-bond acceptors (Lipinski definition) is 26. The predicted octanol–water partition coefficient (Wildman–Crippen LogP) is -3.77. The lowest BCUT2D eigenvalue weighted by molar-refractivity contribution is -0.380. The third-order valence-electron chi connectivity index (χ3n) is 17.4. The van der Waals surface area contributed by atoms with Crippen LogP contribution in [0.25, 0.3) is 0 Å². The summed E-state index contributed by atoms with van der Waals surface area (Å²) in [5.74, 6) is -3.03. The number of ether oxygens (including phenoxy) is 11. The van der Waals surface area contributed by atoms with Crippen molar-refractivity contribution in [3.63, 3.8) is 0 Å². The van der Waals surface area contributed by atoms with E-state index < -0.39 is 191 Å². The molecule has 79 heavy (non-hydrogen) atoms. The SMILES string of the molecule is COC1CC(C=CC(=O)OC[C@@H]2O[C@H](OC3CC4C(CC(O)CC4O[C@H]4O[C@H](CO)[C@H](O)[C@@H](O)[C@@H]4O)OC3C3CCC(O)CC3)[C@@H](O[C@H]3O[C@@H](CO)[C@H](O)[C@@H](OC(=O)C=CC4CCC(O)C(OC)C4)[C@@H]3O)[C@H](O)[C@H]2O)CCC1O. The molecule has 0 radical (unpaired) electrons. The first-order valence-corrected chi connectivity index (χ1v) is 27.9. The van der Waals surface area contributed by atoms with E-state index in [1.54, 1.807) is 12.2 Å². The highest BCUT2D eigenvalue weighted by Crippen LogP contribution is 2.45. The first kappa shape index (κ1) is 62.6. The molecule has 26 nitrogen and oxygen atoms in total. The van der Waals surface area contributed by atoms with Gasteiger partial charge >= 0.3 is 11.9 Å². The van der Waals surface area contributed by atoms with Gasteiger partial charge in [0.2, 0.25) is 0 Å². The zero-order valence-electron chi connectivity index (χ0n) is 44.5. The van der Waals surface area contributed by atoms with Crippen molar-refractivity contribution in [3.05, 3.63) is 24.3 Å². The molecule has 4 aliphatic carbocycles. The van der Waals surface area contributed by atoms with Gasteiger partial charge in [0, 0.05) is 38.7 Å². The number of rotatable bonds is 18. The maximum atomic E-state index is 13.3. The highest BCUT2D eigenvalue weighted by molar-refractivity contribution is 5.82. The summed E-state index contributed by atoms with van der Waals surface area (Å²) in [7, 11) is 2.96. The average Bonchev–Trinajstić information content (AvgIpc) is 3.57. The Morgan fingerprint density at radius 2 is 1.04 bits per heavy atom. The molecule has 4 aliphatic heterocycles. The van der Waals surface area contributed by atoms with Crippen molar-refractivity contribution < 1.29 is 128 Å². The van der Waals surface area contributed by atoms with Gasteiger partial charge in [0.05, 0.1) is 74.3 Å². The molecule has 27 atom stereocenters. The molecule has 0 aromatic heterocycles. The number of aliphatic hydroxyl groups is 13. The Bertz CT molecular complexity index is 1970. The van der Waals surface area contributed by atoms with E-state index in [9.17, 15) is 76.0 Å². The summed E-state index contributed by atoms with van der Waals surface area (Å²) in [5, 5.41) is 141. The second kappa shape index (κ2) is 28.4. The van der Waals surface area contributed by atoms with E-state index in [1.807, 2.05) is 0 Å². The molecular formula is C53H84O26. The number of carbonyl (C=O) groups excluding carboxylic acids is 2. The summed E-state index contributed by atoms with van der Waals surface area (Å²) in [6, 6.07) is 0. The van der Waals surface area contributed by atoms with Crippen molar-refractivity contribution in [2.24, 2.45) is 23.7 Å². The molecule has 13 N–H and O–H groups in total. The first-order valence-electron chi connectivity index (χ1n) is 27.9. The van der Waals surface area contributed by atoms with Crippen molar-refractivity contribution in [1.29, 1.82) is 0 Å². The molecule has 0 amide bonds. The minimum atomic E-state index is -2.02. The van der Waals surface area contributed by atoms with Crippen molar-refractivity contribution in [2.75, 3.05) is 34.0 Å². The van der Waals surface area contributed by atoms with Crippen LogP contribution in [0.15, 0.2) is 24.3 Å². The van der Waals surface area contributed by atoms with Crippen LogP contribution in [0.4, 0.5) is 0 Å². The highest BCUT2D eigenvalue weighted by Gasteiger charge is 2.56. The molecule has 12 unspecified atom stereocenters. The van der Waals surface area contributed by atoms with Crippen LogP contribution in [-0.2, 0) is 61.7 Å². The lowest BCUT2D eigenvalue weighted by Crippen LogP contribution is -2.66. The molecule has 4 saturated carbocycles. The summed E-state index contributed by atoms with van der Waals surface area (Å²) < 4.78 is 66.0. The highest BCUT2D eigenvalue weighted by atomic mass is 16.8. The number of allylic oxidation sites excluding steroid dienone is 2. The third kappa shape index (κ3) is 15.1. The fraction of sp³-hybridized carbons (Fsp3) is 0.887. The zero-order valence-corrected chi connectivity index (χ0v) is 44.5. The van der Waals surface area contributed by atoms with Crippen LogP contribution in [0, 0.1) is 23.7 Å². The average molecular weight is 1140 g/mol. The molecule has 4 heterocycles. The van der Waals surface area contributed by atoms with Crippen molar-refractivity contribution in [1.82, 2.24) is 0 Å². The van der Waals surface area contributed by atoms with Crippen molar-refractivity contribution >= 4 is 11.9 Å². The minimum absolute atomic E-state index is 0.0179. The molecule has 8 rings (SSSR count). The van der Waals surface area contributed by atoms with E-state index in [0.717, 1.165) is 6.08 Å². The first-order chi connectivity index (χ1) is 37.8. The van der Waals surface area contributed by atoms with Gasteiger partial charge in [-0.3, -0.25) is 0 Å². The van der Waals surface area contributed by atoms with E-state index in [1.165, 1.54) is 20.3 Å². The molecule has 8 aliphatic rings. The van der Waals surface area contributed by atoms with Crippen LogP contribution in [0.2, 0.25) is 0 Å². The number of carbonyl (C=O) groups is 2. The molecule has 0 aromatic carbocycles. The van der Waals surface area contributed by atoms with Crippen LogP contribution in [0.3, 0.4) is 0 Å². The van der Waals surface area contributed by atoms with E-state index >= 15 is 0 Å². The fourth-order valence-electron chi connectivity index (χ4n) is 12.7. The van der Waals surface area contributed by atoms with Gasteiger partial charge in [0.15, 0.2) is 25.0 Å². The van der Waals surface area contributed by atoms with E-state index in [0.29, 0.717) is 64.2 Å². The standard InChI is InChI=1S/C53H84O26/c1-69-33-15-23(3-11-29(33)58)5-13-39(60)71-22-38-42(63)45(66)50(79-52-47(68)49(43(64)37(21-55)76-52)78-40(61)14-6-24-4-12-30(59)34(16-24)70-2)53(77-38)74-35-19-28-31(72-48(35)25-7-9-26(56)10-8-25)17-27(57)18-32(28)73-51-46(67)44(65)41(62)36(20-54)75-51/h5-6,13-14,23-38,41-59,62-68H,3-4,7-12,15-22H2,1-2H3/t23?,24?,25?,26?,27?,28?,29?,30?,31?,32?,33?,34?,35?,36-,37+,38+,41+,42+,43+,44-,45-,46+,47+,48?,49-,50+,51+,52-,53+/m1/s1. The van der Waals surface area contributed by atoms with Crippen molar-refractivity contribution in [3.8, 4) is 0 Å². The Labute approximate surface area is 457 Å². The van der Waals surface area contributed by atoms with Crippen LogP contribution >= 0.6 is 0 Å². The Kier molecular flexibility index (Phi) is 22.5. The number of aliphatic hydroxyl groups excluding tert-OH is 13. The minimum Gasteiger partial charge on any atom is -0.460 e. The lowest BCUT2D eigenvalue weighted by atomic mass is 9.73.